The van der Waals surface area contributed by atoms with Crippen molar-refractivity contribution in [3.63, 3.8) is 0 Å². The first-order valence-electron chi connectivity index (χ1n) is 6.38. The molecule has 18 heavy (non-hydrogen) atoms. The van der Waals surface area contributed by atoms with Crippen LogP contribution < -0.4 is 5.73 Å². The van der Waals surface area contributed by atoms with Crippen molar-refractivity contribution in [1.29, 1.82) is 0 Å². The van der Waals surface area contributed by atoms with Gasteiger partial charge in [-0.2, -0.15) is 0 Å². The van der Waals surface area contributed by atoms with Crippen molar-refractivity contribution in [2.75, 3.05) is 19.6 Å². The highest BCUT2D eigenvalue weighted by Crippen LogP contribution is 2.21. The SMILES string of the molecule is CC(CN1CCCC(N)C1)c1cccc(Cl)c1.Cl. The predicted octanol–water partition coefficient (Wildman–Crippen LogP) is 3.29. The molecular formula is C14H22Cl2N2. The van der Waals surface area contributed by atoms with Gasteiger partial charge in [0, 0.05) is 24.2 Å². The Balaban J connectivity index is 0.00000162. The van der Waals surface area contributed by atoms with Crippen LogP contribution in [0.3, 0.4) is 0 Å². The maximum atomic E-state index is 6.02. The fourth-order valence-corrected chi connectivity index (χ4v) is 2.76. The van der Waals surface area contributed by atoms with Gasteiger partial charge in [-0.25, -0.2) is 0 Å². The number of hydrogen-bond donors (Lipinski definition) is 1. The van der Waals surface area contributed by atoms with Crippen molar-refractivity contribution in [2.24, 2.45) is 5.73 Å². The Hall–Kier alpha value is -0.280. The van der Waals surface area contributed by atoms with Crippen molar-refractivity contribution < 1.29 is 0 Å². The number of nitrogens with two attached hydrogens (primary N) is 1. The number of nitrogens with zero attached hydrogens (tertiary/aromatic N) is 1. The molecule has 1 aliphatic rings. The van der Waals surface area contributed by atoms with Crippen LogP contribution in [0.15, 0.2) is 24.3 Å². The average Bonchev–Trinajstić information content (AvgIpc) is 2.29. The zero-order valence-electron chi connectivity index (χ0n) is 10.8. The summed E-state index contributed by atoms with van der Waals surface area (Å²) in [5, 5.41) is 0.824. The van der Waals surface area contributed by atoms with E-state index in [0.29, 0.717) is 12.0 Å². The van der Waals surface area contributed by atoms with Gasteiger partial charge in [-0.3, -0.25) is 0 Å². The number of likely N-dealkylation sites (tertiary alicyclic amines) is 1. The van der Waals surface area contributed by atoms with Gasteiger partial charge in [0.25, 0.3) is 0 Å². The Morgan fingerprint density at radius 3 is 2.94 bits per heavy atom. The predicted molar refractivity (Wildman–Crippen MR) is 80.8 cm³/mol. The zero-order valence-corrected chi connectivity index (χ0v) is 12.4. The van der Waals surface area contributed by atoms with E-state index in [2.05, 4.69) is 24.0 Å². The number of hydrogen-bond acceptors (Lipinski definition) is 2. The van der Waals surface area contributed by atoms with E-state index >= 15 is 0 Å². The molecule has 2 atom stereocenters. The van der Waals surface area contributed by atoms with E-state index in [1.807, 2.05) is 12.1 Å². The molecule has 2 N–H and O–H groups in total. The highest BCUT2D eigenvalue weighted by Gasteiger charge is 2.18. The highest BCUT2D eigenvalue weighted by molar-refractivity contribution is 6.30. The molecule has 0 radical (unpaired) electrons. The first-order valence-corrected chi connectivity index (χ1v) is 6.76. The lowest BCUT2D eigenvalue weighted by molar-refractivity contribution is 0.200. The minimum atomic E-state index is 0. The van der Waals surface area contributed by atoms with Crippen LogP contribution in [-0.4, -0.2) is 30.6 Å². The van der Waals surface area contributed by atoms with Crippen molar-refractivity contribution in [1.82, 2.24) is 4.90 Å². The Bertz CT molecular complexity index is 371. The van der Waals surface area contributed by atoms with Gasteiger partial charge in [-0.1, -0.05) is 30.7 Å². The van der Waals surface area contributed by atoms with Crippen molar-refractivity contribution in [3.05, 3.63) is 34.9 Å². The minimum absolute atomic E-state index is 0. The Morgan fingerprint density at radius 1 is 1.50 bits per heavy atom. The molecule has 2 nitrogen and oxygen atoms in total. The normalized spacial score (nSPS) is 22.3. The summed E-state index contributed by atoms with van der Waals surface area (Å²) in [5.41, 5.74) is 7.32. The van der Waals surface area contributed by atoms with Crippen LogP contribution in [0.1, 0.15) is 31.2 Å². The van der Waals surface area contributed by atoms with Gasteiger partial charge in [0.2, 0.25) is 0 Å². The van der Waals surface area contributed by atoms with Crippen LogP contribution in [0.4, 0.5) is 0 Å². The molecule has 1 aliphatic heterocycles. The lowest BCUT2D eigenvalue weighted by Gasteiger charge is -2.32. The molecule has 2 rings (SSSR count). The van der Waals surface area contributed by atoms with Crippen molar-refractivity contribution in [3.8, 4) is 0 Å². The Morgan fingerprint density at radius 2 is 2.28 bits per heavy atom. The smallest absolute Gasteiger partial charge is 0.0408 e. The van der Waals surface area contributed by atoms with Gasteiger partial charge in [0.1, 0.15) is 0 Å². The summed E-state index contributed by atoms with van der Waals surface area (Å²) >= 11 is 6.02. The van der Waals surface area contributed by atoms with Crippen LogP contribution in [0, 0.1) is 0 Å². The third-order valence-electron chi connectivity index (χ3n) is 3.49. The van der Waals surface area contributed by atoms with Crippen LogP contribution in [0.5, 0.6) is 0 Å². The van der Waals surface area contributed by atoms with Gasteiger partial charge < -0.3 is 10.6 Å². The van der Waals surface area contributed by atoms with Crippen LogP contribution in [0.25, 0.3) is 0 Å². The van der Waals surface area contributed by atoms with E-state index in [-0.39, 0.29) is 12.4 Å². The monoisotopic (exact) mass is 288 g/mol. The van der Waals surface area contributed by atoms with Crippen molar-refractivity contribution >= 4 is 24.0 Å². The molecule has 0 amide bonds. The summed E-state index contributed by atoms with van der Waals surface area (Å²) in [4.78, 5) is 2.47. The standard InChI is InChI=1S/C14H21ClN2.ClH/c1-11(12-4-2-5-13(15)8-12)9-17-7-3-6-14(16)10-17;/h2,4-5,8,11,14H,3,6-7,9-10,16H2,1H3;1H. The fraction of sp³-hybridized carbons (Fsp3) is 0.571. The summed E-state index contributed by atoms with van der Waals surface area (Å²) in [5.74, 6) is 0.513. The van der Waals surface area contributed by atoms with E-state index in [4.69, 9.17) is 17.3 Å². The highest BCUT2D eigenvalue weighted by atomic mass is 35.5. The quantitative estimate of drug-likeness (QED) is 0.925. The molecule has 4 heteroatoms. The molecule has 1 saturated heterocycles. The second-order valence-electron chi connectivity index (χ2n) is 5.12. The van der Waals surface area contributed by atoms with Gasteiger partial charge in [-0.15, -0.1) is 12.4 Å². The van der Waals surface area contributed by atoms with Crippen LogP contribution >= 0.6 is 24.0 Å². The summed E-state index contributed by atoms with van der Waals surface area (Å²) in [7, 11) is 0. The first-order chi connectivity index (χ1) is 8.15. The zero-order chi connectivity index (χ0) is 12.3. The van der Waals surface area contributed by atoms with Crippen LogP contribution in [0.2, 0.25) is 5.02 Å². The lowest BCUT2D eigenvalue weighted by atomic mass is 9.98. The minimum Gasteiger partial charge on any atom is -0.327 e. The molecule has 102 valence electrons. The third kappa shape index (κ3) is 4.43. The molecule has 0 saturated carbocycles. The summed E-state index contributed by atoms with van der Waals surface area (Å²) < 4.78 is 0. The average molecular weight is 289 g/mol. The maximum absolute atomic E-state index is 6.02. The molecule has 0 bridgehead atoms. The van der Waals surface area contributed by atoms with Gasteiger partial charge in [0.15, 0.2) is 0 Å². The number of rotatable bonds is 3. The van der Waals surface area contributed by atoms with E-state index in [9.17, 15) is 0 Å². The van der Waals surface area contributed by atoms with Crippen molar-refractivity contribution in [2.45, 2.75) is 31.7 Å². The Labute approximate surface area is 121 Å². The molecular weight excluding hydrogens is 267 g/mol. The number of benzene rings is 1. The maximum Gasteiger partial charge on any atom is 0.0408 e. The second kappa shape index (κ2) is 7.34. The van der Waals surface area contributed by atoms with E-state index in [1.54, 1.807) is 0 Å². The largest absolute Gasteiger partial charge is 0.327 e. The summed E-state index contributed by atoms with van der Waals surface area (Å²) in [6.07, 6.45) is 2.39. The van der Waals surface area contributed by atoms with Gasteiger partial charge in [0.05, 0.1) is 0 Å². The van der Waals surface area contributed by atoms with E-state index in [1.165, 1.54) is 24.9 Å². The molecule has 1 heterocycles. The van der Waals surface area contributed by atoms with Gasteiger partial charge >= 0.3 is 0 Å². The number of halogens is 2. The van der Waals surface area contributed by atoms with E-state index in [0.717, 1.165) is 18.1 Å². The lowest BCUT2D eigenvalue weighted by Crippen LogP contribution is -2.44. The Kier molecular flexibility index (Phi) is 6.44. The van der Waals surface area contributed by atoms with E-state index < -0.39 is 0 Å². The van der Waals surface area contributed by atoms with Crippen LogP contribution in [-0.2, 0) is 0 Å². The summed E-state index contributed by atoms with van der Waals surface area (Å²) in [6, 6.07) is 8.52. The molecule has 0 aromatic heterocycles. The molecule has 2 unspecified atom stereocenters. The fourth-order valence-electron chi connectivity index (χ4n) is 2.56. The number of piperidine rings is 1. The summed E-state index contributed by atoms with van der Waals surface area (Å²) in [6.45, 7) is 5.54. The third-order valence-corrected chi connectivity index (χ3v) is 3.73. The van der Waals surface area contributed by atoms with Gasteiger partial charge in [-0.05, 0) is 43.0 Å². The first kappa shape index (κ1) is 15.8. The molecule has 1 aromatic carbocycles. The molecule has 1 aromatic rings. The second-order valence-corrected chi connectivity index (χ2v) is 5.55. The molecule has 1 fully saturated rings. The molecule has 0 spiro atoms. The molecule has 0 aliphatic carbocycles. The topological polar surface area (TPSA) is 29.3 Å².